The van der Waals surface area contributed by atoms with Crippen molar-refractivity contribution in [2.75, 3.05) is 7.11 Å². The number of carbonyl (C=O) groups excluding carboxylic acids is 1. The Morgan fingerprint density at radius 2 is 1.65 bits per heavy atom. The predicted octanol–water partition coefficient (Wildman–Crippen LogP) is 4.11. The van der Waals surface area contributed by atoms with E-state index in [4.69, 9.17) is 9.47 Å². The van der Waals surface area contributed by atoms with Crippen molar-refractivity contribution in [1.82, 2.24) is 0 Å². The van der Waals surface area contributed by atoms with Crippen molar-refractivity contribution < 1.29 is 14.3 Å². The molecule has 1 atom stereocenters. The average Bonchev–Trinajstić information content (AvgIpc) is 2.48. The number of para-hydroxylation sites is 2. The molecule has 0 aromatic heterocycles. The number of hydrogen-bond donors (Lipinski definition) is 0. The van der Waals surface area contributed by atoms with Gasteiger partial charge in [0.05, 0.1) is 7.11 Å². The summed E-state index contributed by atoms with van der Waals surface area (Å²) in [6.45, 7) is 1.73. The summed E-state index contributed by atoms with van der Waals surface area (Å²) < 4.78 is 11.8. The van der Waals surface area contributed by atoms with Gasteiger partial charge in [-0.2, -0.15) is 0 Å². The number of methoxy groups -OCH3 is 1. The van der Waals surface area contributed by atoms with E-state index in [-0.39, 0.29) is 5.78 Å². The zero-order valence-corrected chi connectivity index (χ0v) is 12.9. The lowest BCUT2D eigenvalue weighted by Crippen LogP contribution is -2.24. The highest BCUT2D eigenvalue weighted by atomic mass is 79.9. The highest BCUT2D eigenvalue weighted by Crippen LogP contribution is 2.27. The summed E-state index contributed by atoms with van der Waals surface area (Å²) in [5.74, 6) is 1.11. The molecule has 2 rings (SSSR count). The summed E-state index contributed by atoms with van der Waals surface area (Å²) in [6, 6.07) is 14.5. The number of benzene rings is 2. The number of hydrogen-bond acceptors (Lipinski definition) is 3. The Morgan fingerprint density at radius 3 is 2.25 bits per heavy atom. The molecule has 0 spiro atoms. The highest BCUT2D eigenvalue weighted by molar-refractivity contribution is 9.10. The molecule has 0 aliphatic heterocycles. The van der Waals surface area contributed by atoms with Gasteiger partial charge in [0.1, 0.15) is 0 Å². The van der Waals surface area contributed by atoms with E-state index < -0.39 is 6.10 Å². The molecule has 0 saturated carbocycles. The second-order valence-corrected chi connectivity index (χ2v) is 5.20. The summed E-state index contributed by atoms with van der Waals surface area (Å²) in [5.41, 5.74) is 0.621. The van der Waals surface area contributed by atoms with E-state index in [1.807, 2.05) is 24.3 Å². The van der Waals surface area contributed by atoms with Crippen molar-refractivity contribution in [2.24, 2.45) is 0 Å². The molecule has 0 radical (unpaired) electrons. The first-order valence-corrected chi connectivity index (χ1v) is 7.00. The smallest absolute Gasteiger partial charge is 0.202 e. The molecule has 0 aliphatic carbocycles. The van der Waals surface area contributed by atoms with E-state index in [0.717, 1.165) is 4.47 Å². The molecule has 0 amide bonds. The fourth-order valence-corrected chi connectivity index (χ4v) is 2.07. The fourth-order valence-electron chi connectivity index (χ4n) is 1.81. The predicted molar refractivity (Wildman–Crippen MR) is 81.6 cm³/mol. The van der Waals surface area contributed by atoms with Crippen LogP contribution in [0.1, 0.15) is 17.3 Å². The van der Waals surface area contributed by atoms with Gasteiger partial charge < -0.3 is 9.47 Å². The van der Waals surface area contributed by atoms with Gasteiger partial charge in [0.15, 0.2) is 17.6 Å². The molecule has 104 valence electrons. The Kier molecular flexibility index (Phi) is 4.79. The monoisotopic (exact) mass is 334 g/mol. The Balaban J connectivity index is 2.13. The summed E-state index contributed by atoms with van der Waals surface area (Å²) in [5, 5.41) is 0. The molecule has 0 aliphatic rings. The Bertz CT molecular complexity index is 593. The third kappa shape index (κ3) is 3.39. The van der Waals surface area contributed by atoms with Gasteiger partial charge >= 0.3 is 0 Å². The van der Waals surface area contributed by atoms with Gasteiger partial charge in [-0.3, -0.25) is 4.79 Å². The van der Waals surface area contributed by atoms with Crippen LogP contribution in [0.3, 0.4) is 0 Å². The largest absolute Gasteiger partial charge is 0.493 e. The summed E-state index contributed by atoms with van der Waals surface area (Å²) in [6.07, 6.45) is -0.576. The SMILES string of the molecule is COc1ccccc1OC(C)C(=O)c1ccc(Br)cc1. The van der Waals surface area contributed by atoms with Crippen molar-refractivity contribution in [1.29, 1.82) is 0 Å². The second kappa shape index (κ2) is 6.57. The third-order valence-corrected chi connectivity index (χ3v) is 3.40. The van der Waals surface area contributed by atoms with Crippen molar-refractivity contribution in [3.05, 3.63) is 58.6 Å². The summed E-state index contributed by atoms with van der Waals surface area (Å²) in [4.78, 5) is 12.3. The highest BCUT2D eigenvalue weighted by Gasteiger charge is 2.18. The zero-order valence-electron chi connectivity index (χ0n) is 11.3. The van der Waals surface area contributed by atoms with E-state index in [1.54, 1.807) is 38.3 Å². The lowest BCUT2D eigenvalue weighted by molar-refractivity contribution is 0.0814. The van der Waals surface area contributed by atoms with Crippen LogP contribution >= 0.6 is 15.9 Å². The molecule has 0 fully saturated rings. The first-order valence-electron chi connectivity index (χ1n) is 6.21. The topological polar surface area (TPSA) is 35.5 Å². The molecule has 4 heteroatoms. The number of rotatable bonds is 5. The minimum absolute atomic E-state index is 0.0663. The average molecular weight is 335 g/mol. The van der Waals surface area contributed by atoms with Crippen LogP contribution in [0.2, 0.25) is 0 Å². The lowest BCUT2D eigenvalue weighted by Gasteiger charge is -2.16. The van der Waals surface area contributed by atoms with Gasteiger partial charge in [0.2, 0.25) is 5.78 Å². The van der Waals surface area contributed by atoms with Crippen LogP contribution in [0, 0.1) is 0 Å². The van der Waals surface area contributed by atoms with Gasteiger partial charge in [-0.15, -0.1) is 0 Å². The molecule has 20 heavy (non-hydrogen) atoms. The van der Waals surface area contributed by atoms with E-state index >= 15 is 0 Å². The van der Waals surface area contributed by atoms with Crippen molar-refractivity contribution >= 4 is 21.7 Å². The maximum Gasteiger partial charge on any atom is 0.202 e. The van der Waals surface area contributed by atoms with Crippen molar-refractivity contribution in [2.45, 2.75) is 13.0 Å². The van der Waals surface area contributed by atoms with E-state index in [1.165, 1.54) is 0 Å². The first kappa shape index (κ1) is 14.6. The van der Waals surface area contributed by atoms with Crippen LogP contribution in [0.4, 0.5) is 0 Å². The quantitative estimate of drug-likeness (QED) is 0.772. The van der Waals surface area contributed by atoms with Gasteiger partial charge in [-0.05, 0) is 31.2 Å². The lowest BCUT2D eigenvalue weighted by atomic mass is 10.1. The van der Waals surface area contributed by atoms with E-state index in [2.05, 4.69) is 15.9 Å². The molecule has 3 nitrogen and oxygen atoms in total. The number of Topliss-reactive ketones (excluding diaryl/α,β-unsaturated/α-hetero) is 1. The van der Waals surface area contributed by atoms with Crippen LogP contribution in [0.25, 0.3) is 0 Å². The molecule has 0 bridgehead atoms. The molecular weight excluding hydrogens is 320 g/mol. The van der Waals surface area contributed by atoms with E-state index in [9.17, 15) is 4.79 Å². The van der Waals surface area contributed by atoms with Gasteiger partial charge in [0, 0.05) is 10.0 Å². The molecular formula is C16H15BrO3. The van der Waals surface area contributed by atoms with Gasteiger partial charge in [-0.1, -0.05) is 40.2 Å². The molecule has 2 aromatic carbocycles. The summed E-state index contributed by atoms with van der Waals surface area (Å²) >= 11 is 3.35. The number of halogens is 1. The Labute approximate surface area is 126 Å². The van der Waals surface area contributed by atoms with Crippen molar-refractivity contribution in [3.63, 3.8) is 0 Å². The number of carbonyl (C=O) groups is 1. The molecule has 1 unspecified atom stereocenters. The van der Waals surface area contributed by atoms with Gasteiger partial charge in [0.25, 0.3) is 0 Å². The van der Waals surface area contributed by atoms with Crippen LogP contribution in [0.15, 0.2) is 53.0 Å². The number of ketones is 1. The molecule has 0 N–H and O–H groups in total. The zero-order chi connectivity index (χ0) is 14.5. The minimum Gasteiger partial charge on any atom is -0.493 e. The molecule has 0 heterocycles. The second-order valence-electron chi connectivity index (χ2n) is 4.28. The standard InChI is InChI=1S/C16H15BrO3/c1-11(16(18)12-7-9-13(17)10-8-12)20-15-6-4-3-5-14(15)19-2/h3-11H,1-2H3. The van der Waals surface area contributed by atoms with E-state index in [0.29, 0.717) is 17.1 Å². The van der Waals surface area contributed by atoms with Crippen LogP contribution < -0.4 is 9.47 Å². The third-order valence-electron chi connectivity index (χ3n) is 2.87. The summed E-state index contributed by atoms with van der Waals surface area (Å²) in [7, 11) is 1.57. The Hall–Kier alpha value is -1.81. The van der Waals surface area contributed by atoms with Gasteiger partial charge in [-0.25, -0.2) is 0 Å². The molecule has 0 saturated heterocycles. The Morgan fingerprint density at radius 1 is 1.05 bits per heavy atom. The van der Waals surface area contributed by atoms with Crippen LogP contribution in [-0.2, 0) is 0 Å². The minimum atomic E-state index is -0.576. The van der Waals surface area contributed by atoms with Crippen LogP contribution in [-0.4, -0.2) is 19.0 Å². The normalized spacial score (nSPS) is 11.8. The first-order chi connectivity index (χ1) is 9.61. The maximum atomic E-state index is 12.3. The van der Waals surface area contributed by atoms with Crippen molar-refractivity contribution in [3.8, 4) is 11.5 Å². The number of ether oxygens (including phenoxy) is 2. The molecule has 2 aromatic rings. The maximum absolute atomic E-state index is 12.3. The fraction of sp³-hybridized carbons (Fsp3) is 0.188. The van der Waals surface area contributed by atoms with Crippen LogP contribution in [0.5, 0.6) is 11.5 Å².